The van der Waals surface area contributed by atoms with Crippen molar-refractivity contribution in [1.82, 2.24) is 9.55 Å². The van der Waals surface area contributed by atoms with Gasteiger partial charge in [-0.3, -0.25) is 0 Å². The van der Waals surface area contributed by atoms with Gasteiger partial charge in [0.25, 0.3) is 0 Å². The number of benzene rings is 1. The van der Waals surface area contributed by atoms with Crippen molar-refractivity contribution in [2.45, 2.75) is 18.8 Å². The molecule has 2 aromatic rings. The second-order valence-corrected chi connectivity index (χ2v) is 4.60. The Kier molecular flexibility index (Phi) is 3.28. The molecule has 3 nitrogen and oxygen atoms in total. The van der Waals surface area contributed by atoms with E-state index < -0.39 is 5.41 Å². The van der Waals surface area contributed by atoms with E-state index in [0.29, 0.717) is 0 Å². The first-order valence-electron chi connectivity index (χ1n) is 5.74. The normalized spacial score (nSPS) is 14.2. The summed E-state index contributed by atoms with van der Waals surface area (Å²) in [6.45, 7) is 1.92. The van der Waals surface area contributed by atoms with E-state index in [4.69, 9.17) is 0 Å². The van der Waals surface area contributed by atoms with Gasteiger partial charge in [0.15, 0.2) is 0 Å². The molecule has 0 radical (unpaired) electrons. The minimum Gasteiger partial charge on any atom is -0.337 e. The Morgan fingerprint density at radius 1 is 1.50 bits per heavy atom. The van der Waals surface area contributed by atoms with E-state index in [0.717, 1.165) is 17.5 Å². The van der Waals surface area contributed by atoms with Crippen LogP contribution in [0.1, 0.15) is 24.6 Å². The topological polar surface area (TPSA) is 34.9 Å². The molecule has 1 aromatic heterocycles. The number of rotatable bonds is 4. The van der Waals surface area contributed by atoms with Crippen molar-refractivity contribution in [1.29, 1.82) is 0 Å². The fraction of sp³-hybridized carbons (Fsp3) is 0.286. The number of aromatic nitrogens is 2. The number of carbonyl (C=O) groups excluding carboxylic acids is 1. The maximum Gasteiger partial charge on any atom is 0.123 e. The van der Waals surface area contributed by atoms with Gasteiger partial charge in [0.2, 0.25) is 0 Å². The highest BCUT2D eigenvalue weighted by atomic mass is 19.1. The third-order valence-electron chi connectivity index (χ3n) is 3.34. The third kappa shape index (κ3) is 2.06. The molecule has 1 unspecified atom stereocenters. The van der Waals surface area contributed by atoms with Crippen molar-refractivity contribution in [2.24, 2.45) is 7.05 Å². The summed E-state index contributed by atoms with van der Waals surface area (Å²) in [4.78, 5) is 15.0. The molecule has 1 atom stereocenters. The van der Waals surface area contributed by atoms with Crippen LogP contribution in [0, 0.1) is 5.82 Å². The fourth-order valence-electron chi connectivity index (χ4n) is 2.26. The molecule has 1 aromatic carbocycles. The molecule has 0 bridgehead atoms. The van der Waals surface area contributed by atoms with E-state index in [1.54, 1.807) is 18.6 Å². The maximum atomic E-state index is 13.4. The molecule has 0 fully saturated rings. The summed E-state index contributed by atoms with van der Waals surface area (Å²) in [7, 11) is 1.87. The molecule has 0 N–H and O–H groups in total. The van der Waals surface area contributed by atoms with Crippen molar-refractivity contribution in [2.75, 3.05) is 0 Å². The van der Waals surface area contributed by atoms with Gasteiger partial charge in [-0.2, -0.15) is 0 Å². The molecular formula is C14H15FN2O. The minimum atomic E-state index is -0.560. The molecule has 4 heteroatoms. The van der Waals surface area contributed by atoms with Crippen LogP contribution in [0.2, 0.25) is 0 Å². The summed E-state index contributed by atoms with van der Waals surface area (Å²) < 4.78 is 15.2. The monoisotopic (exact) mass is 246 g/mol. The standard InChI is InChI=1S/C14H15FN2O/c1-14(6-7-18,13-9-16-10-17(13)2)11-4-3-5-12(15)8-11/h3-5,7-10H,6H2,1-2H3. The van der Waals surface area contributed by atoms with Crippen LogP contribution in [0.25, 0.3) is 0 Å². The summed E-state index contributed by atoms with van der Waals surface area (Å²) in [5, 5.41) is 0. The molecule has 0 aliphatic rings. The number of hydrogen-bond acceptors (Lipinski definition) is 2. The predicted octanol–water partition coefficient (Wildman–Crippen LogP) is 2.45. The average molecular weight is 246 g/mol. The fourth-order valence-corrected chi connectivity index (χ4v) is 2.26. The molecule has 18 heavy (non-hydrogen) atoms. The first-order chi connectivity index (χ1) is 8.58. The number of hydrogen-bond donors (Lipinski definition) is 0. The van der Waals surface area contributed by atoms with Gasteiger partial charge in [-0.15, -0.1) is 0 Å². The van der Waals surface area contributed by atoms with Gasteiger partial charge in [-0.1, -0.05) is 12.1 Å². The Labute approximate surface area is 105 Å². The highest BCUT2D eigenvalue weighted by Crippen LogP contribution is 2.34. The molecule has 0 amide bonds. The number of carbonyl (C=O) groups is 1. The molecule has 0 aliphatic heterocycles. The van der Waals surface area contributed by atoms with E-state index >= 15 is 0 Å². The van der Waals surface area contributed by atoms with Crippen LogP contribution in [0.3, 0.4) is 0 Å². The summed E-state index contributed by atoms with van der Waals surface area (Å²) in [6, 6.07) is 6.36. The van der Waals surface area contributed by atoms with Crippen LogP contribution in [0.4, 0.5) is 4.39 Å². The smallest absolute Gasteiger partial charge is 0.123 e. The van der Waals surface area contributed by atoms with Gasteiger partial charge >= 0.3 is 0 Å². The van der Waals surface area contributed by atoms with Crippen molar-refractivity contribution in [3.05, 3.63) is 53.9 Å². The van der Waals surface area contributed by atoms with E-state index in [1.807, 2.05) is 24.6 Å². The SMILES string of the molecule is Cn1cncc1C(C)(CC=O)c1cccc(F)c1. The van der Waals surface area contributed by atoms with Gasteiger partial charge < -0.3 is 9.36 Å². The van der Waals surface area contributed by atoms with Gasteiger partial charge in [0.05, 0.1) is 6.33 Å². The lowest BCUT2D eigenvalue weighted by Crippen LogP contribution is -2.27. The molecule has 2 rings (SSSR count). The van der Waals surface area contributed by atoms with Gasteiger partial charge in [0.1, 0.15) is 12.1 Å². The predicted molar refractivity (Wildman–Crippen MR) is 66.7 cm³/mol. The van der Waals surface area contributed by atoms with Gasteiger partial charge in [-0.25, -0.2) is 9.37 Å². The Morgan fingerprint density at radius 2 is 2.28 bits per heavy atom. The third-order valence-corrected chi connectivity index (χ3v) is 3.34. The Balaban J connectivity index is 2.57. The van der Waals surface area contributed by atoms with Crippen LogP contribution < -0.4 is 0 Å². The van der Waals surface area contributed by atoms with E-state index in [-0.39, 0.29) is 12.2 Å². The zero-order valence-electron chi connectivity index (χ0n) is 10.4. The highest BCUT2D eigenvalue weighted by molar-refractivity contribution is 5.56. The second kappa shape index (κ2) is 4.72. The molecule has 0 saturated carbocycles. The summed E-state index contributed by atoms with van der Waals surface area (Å²) >= 11 is 0. The van der Waals surface area contributed by atoms with Crippen molar-refractivity contribution in [3.8, 4) is 0 Å². The molecule has 0 saturated heterocycles. The molecular weight excluding hydrogens is 231 g/mol. The number of aldehydes is 1. The first kappa shape index (κ1) is 12.5. The van der Waals surface area contributed by atoms with Gasteiger partial charge in [-0.05, 0) is 24.6 Å². The van der Waals surface area contributed by atoms with Crippen LogP contribution in [-0.2, 0) is 17.3 Å². The molecule has 94 valence electrons. The summed E-state index contributed by atoms with van der Waals surface area (Å²) in [6.07, 6.45) is 4.54. The number of imidazole rings is 1. The van der Waals surface area contributed by atoms with Crippen LogP contribution >= 0.6 is 0 Å². The lowest BCUT2D eigenvalue weighted by molar-refractivity contribution is -0.108. The largest absolute Gasteiger partial charge is 0.337 e. The van der Waals surface area contributed by atoms with Gasteiger partial charge in [0, 0.05) is 30.8 Å². The van der Waals surface area contributed by atoms with Crippen LogP contribution in [0.15, 0.2) is 36.8 Å². The Morgan fingerprint density at radius 3 is 2.83 bits per heavy atom. The highest BCUT2D eigenvalue weighted by Gasteiger charge is 2.31. The van der Waals surface area contributed by atoms with E-state index in [1.165, 1.54) is 12.1 Å². The van der Waals surface area contributed by atoms with Crippen molar-refractivity contribution >= 4 is 6.29 Å². The molecule has 1 heterocycles. The van der Waals surface area contributed by atoms with Crippen molar-refractivity contribution in [3.63, 3.8) is 0 Å². The maximum absolute atomic E-state index is 13.4. The Bertz CT molecular complexity index is 564. The molecule has 0 spiro atoms. The van der Waals surface area contributed by atoms with Crippen LogP contribution in [-0.4, -0.2) is 15.8 Å². The van der Waals surface area contributed by atoms with E-state index in [9.17, 15) is 9.18 Å². The van der Waals surface area contributed by atoms with Crippen molar-refractivity contribution < 1.29 is 9.18 Å². The number of aryl methyl sites for hydroxylation is 1. The Hall–Kier alpha value is -1.97. The lowest BCUT2D eigenvalue weighted by atomic mass is 9.77. The van der Waals surface area contributed by atoms with E-state index in [2.05, 4.69) is 4.98 Å². The first-order valence-corrected chi connectivity index (χ1v) is 5.74. The summed E-state index contributed by atoms with van der Waals surface area (Å²) in [5.74, 6) is -0.299. The van der Waals surface area contributed by atoms with Crippen LogP contribution in [0.5, 0.6) is 0 Å². The quantitative estimate of drug-likeness (QED) is 0.777. The average Bonchev–Trinajstić information content (AvgIpc) is 2.76. The zero-order chi connectivity index (χ0) is 13.2. The minimum absolute atomic E-state index is 0.288. The molecule has 0 aliphatic carbocycles. The lowest BCUT2D eigenvalue weighted by Gasteiger charge is -2.28. The summed E-state index contributed by atoms with van der Waals surface area (Å²) in [5.41, 5.74) is 1.10. The second-order valence-electron chi connectivity index (χ2n) is 4.60. The number of halogens is 1. The number of nitrogens with zero attached hydrogens (tertiary/aromatic N) is 2. The zero-order valence-corrected chi connectivity index (χ0v) is 10.4.